The highest BCUT2D eigenvalue weighted by atomic mass is 32.2. The number of aryl methyl sites for hydroxylation is 1. The van der Waals surface area contributed by atoms with Crippen LogP contribution in [0.4, 0.5) is 0 Å². The smallest absolute Gasteiger partial charge is 0.297 e. The largest absolute Gasteiger partial charge is 0.387 e. The fourth-order valence-electron chi connectivity index (χ4n) is 3.55. The van der Waals surface area contributed by atoms with E-state index >= 15 is 0 Å². The van der Waals surface area contributed by atoms with Crippen LogP contribution in [-0.2, 0) is 33.2 Å². The van der Waals surface area contributed by atoms with E-state index in [9.17, 15) is 13.5 Å². The lowest BCUT2D eigenvalue weighted by atomic mass is 9.98. The van der Waals surface area contributed by atoms with Gasteiger partial charge in [0.25, 0.3) is 10.1 Å². The molecule has 9 heteroatoms. The van der Waals surface area contributed by atoms with Crippen LogP contribution in [0.15, 0.2) is 59.5 Å². The molecule has 0 aliphatic carbocycles. The Balaban J connectivity index is 1.55. The molecule has 0 bridgehead atoms. The van der Waals surface area contributed by atoms with Crippen LogP contribution in [0, 0.1) is 6.92 Å². The highest BCUT2D eigenvalue weighted by molar-refractivity contribution is 7.86. The zero-order valence-electron chi connectivity index (χ0n) is 16.6. The topological polar surface area (TPSA) is 101 Å². The third-order valence-electron chi connectivity index (χ3n) is 5.16. The number of rotatable bonds is 5. The van der Waals surface area contributed by atoms with Crippen molar-refractivity contribution in [3.8, 4) is 0 Å². The van der Waals surface area contributed by atoms with Crippen LogP contribution in [0.5, 0.6) is 0 Å². The van der Waals surface area contributed by atoms with Gasteiger partial charge in [-0.2, -0.15) is 8.42 Å². The lowest BCUT2D eigenvalue weighted by Crippen LogP contribution is -2.63. The average Bonchev–Trinajstić information content (AvgIpc) is 2.76. The minimum atomic E-state index is -4.16. The number of aliphatic hydroxyl groups is 1. The SMILES string of the molecule is CO[C@H]1O[C@@H]2CO[C@H](c3ccccc3)O[C@@H]2[C@@H](O)[C@@H]1OS(=O)(=O)c1ccc(C)cc1. The van der Waals surface area contributed by atoms with Crippen molar-refractivity contribution < 1.29 is 36.7 Å². The molecule has 0 saturated carbocycles. The van der Waals surface area contributed by atoms with Crippen LogP contribution < -0.4 is 0 Å². The second kappa shape index (κ2) is 8.72. The third-order valence-corrected chi connectivity index (χ3v) is 6.49. The quantitative estimate of drug-likeness (QED) is 0.710. The number of benzene rings is 2. The Kier molecular flexibility index (Phi) is 6.21. The maximum absolute atomic E-state index is 12.8. The molecule has 2 aliphatic heterocycles. The Bertz CT molecular complexity index is 947. The van der Waals surface area contributed by atoms with E-state index in [-0.39, 0.29) is 11.5 Å². The third kappa shape index (κ3) is 4.28. The summed E-state index contributed by atoms with van der Waals surface area (Å²) in [5.41, 5.74) is 1.69. The Labute approximate surface area is 175 Å². The molecule has 0 radical (unpaired) electrons. The number of ether oxygens (including phenoxy) is 4. The molecule has 4 rings (SSSR count). The van der Waals surface area contributed by atoms with Crippen LogP contribution >= 0.6 is 0 Å². The lowest BCUT2D eigenvalue weighted by molar-refractivity contribution is -0.354. The number of methoxy groups -OCH3 is 1. The summed E-state index contributed by atoms with van der Waals surface area (Å²) in [5, 5.41) is 11.0. The lowest BCUT2D eigenvalue weighted by Gasteiger charge is -2.46. The van der Waals surface area contributed by atoms with E-state index in [4.69, 9.17) is 23.1 Å². The molecular formula is C21H24O8S. The standard InChI is InChI=1S/C21H24O8S/c1-13-8-10-15(11-9-13)30(23,24)29-19-17(22)18-16(27-21(19)25-2)12-26-20(28-18)14-6-4-3-5-7-14/h3-11,16-22H,12H2,1-2H3/t16-,17-,18+,19+,20+,21+/m1/s1. The Morgan fingerprint density at radius 1 is 1.03 bits per heavy atom. The van der Waals surface area contributed by atoms with Gasteiger partial charge < -0.3 is 24.1 Å². The van der Waals surface area contributed by atoms with Crippen molar-refractivity contribution in [3.63, 3.8) is 0 Å². The summed E-state index contributed by atoms with van der Waals surface area (Å²) < 4.78 is 53.5. The molecule has 2 saturated heterocycles. The Morgan fingerprint density at radius 3 is 2.40 bits per heavy atom. The van der Waals surface area contributed by atoms with E-state index in [0.29, 0.717) is 0 Å². The molecule has 0 unspecified atom stereocenters. The van der Waals surface area contributed by atoms with Gasteiger partial charge in [-0.05, 0) is 19.1 Å². The van der Waals surface area contributed by atoms with Gasteiger partial charge in [0, 0.05) is 12.7 Å². The van der Waals surface area contributed by atoms with Crippen molar-refractivity contribution in [1.82, 2.24) is 0 Å². The fraction of sp³-hybridized carbons (Fsp3) is 0.429. The molecule has 0 spiro atoms. The minimum absolute atomic E-state index is 0.0210. The number of hydrogen-bond acceptors (Lipinski definition) is 8. The minimum Gasteiger partial charge on any atom is -0.387 e. The molecule has 6 atom stereocenters. The summed E-state index contributed by atoms with van der Waals surface area (Å²) in [6, 6.07) is 15.5. The molecule has 2 fully saturated rings. The van der Waals surface area contributed by atoms with Crippen LogP contribution in [-0.4, -0.2) is 57.9 Å². The summed E-state index contributed by atoms with van der Waals surface area (Å²) in [7, 11) is -2.81. The maximum Gasteiger partial charge on any atom is 0.297 e. The summed E-state index contributed by atoms with van der Waals surface area (Å²) in [6.45, 7) is 2.00. The highest BCUT2D eigenvalue weighted by Crippen LogP contribution is 2.36. The first-order valence-corrected chi connectivity index (χ1v) is 11.0. The second-order valence-electron chi connectivity index (χ2n) is 7.27. The van der Waals surface area contributed by atoms with Crippen molar-refractivity contribution in [3.05, 3.63) is 65.7 Å². The summed E-state index contributed by atoms with van der Waals surface area (Å²) >= 11 is 0. The van der Waals surface area contributed by atoms with Crippen molar-refractivity contribution in [2.24, 2.45) is 0 Å². The zero-order valence-corrected chi connectivity index (χ0v) is 17.4. The zero-order chi connectivity index (χ0) is 21.3. The molecular weight excluding hydrogens is 412 g/mol. The first kappa shape index (κ1) is 21.4. The van der Waals surface area contributed by atoms with E-state index in [2.05, 4.69) is 0 Å². The molecule has 2 aromatic rings. The first-order chi connectivity index (χ1) is 14.4. The van der Waals surface area contributed by atoms with Crippen LogP contribution in [0.3, 0.4) is 0 Å². The summed E-state index contributed by atoms with van der Waals surface area (Å²) in [4.78, 5) is -0.0210. The van der Waals surface area contributed by atoms with E-state index in [1.54, 1.807) is 12.1 Å². The van der Waals surface area contributed by atoms with E-state index in [1.165, 1.54) is 19.2 Å². The molecule has 2 aromatic carbocycles. The van der Waals surface area contributed by atoms with Gasteiger partial charge in [0.1, 0.15) is 18.3 Å². The van der Waals surface area contributed by atoms with Crippen molar-refractivity contribution >= 4 is 10.1 Å². The number of hydrogen-bond donors (Lipinski definition) is 1. The Morgan fingerprint density at radius 2 is 1.73 bits per heavy atom. The molecule has 2 heterocycles. The van der Waals surface area contributed by atoms with Crippen LogP contribution in [0.2, 0.25) is 0 Å². The molecule has 1 N–H and O–H groups in total. The second-order valence-corrected chi connectivity index (χ2v) is 8.85. The van der Waals surface area contributed by atoms with Gasteiger partial charge in [0.05, 0.1) is 11.5 Å². The van der Waals surface area contributed by atoms with E-state index in [0.717, 1.165) is 11.1 Å². The van der Waals surface area contributed by atoms with Crippen LogP contribution in [0.25, 0.3) is 0 Å². The van der Waals surface area contributed by atoms with Crippen LogP contribution in [0.1, 0.15) is 17.4 Å². The van der Waals surface area contributed by atoms with Gasteiger partial charge in [-0.3, -0.25) is 4.18 Å². The molecule has 30 heavy (non-hydrogen) atoms. The van der Waals surface area contributed by atoms with Crippen molar-refractivity contribution in [2.45, 2.75) is 48.8 Å². The molecule has 8 nitrogen and oxygen atoms in total. The van der Waals surface area contributed by atoms with Gasteiger partial charge in [0.15, 0.2) is 18.7 Å². The van der Waals surface area contributed by atoms with Gasteiger partial charge in [-0.15, -0.1) is 0 Å². The normalized spacial score (nSPS) is 31.8. The fourth-order valence-corrected chi connectivity index (χ4v) is 4.62. The summed E-state index contributed by atoms with van der Waals surface area (Å²) in [5.74, 6) is 0. The average molecular weight is 436 g/mol. The first-order valence-electron chi connectivity index (χ1n) is 9.57. The van der Waals surface area contributed by atoms with Gasteiger partial charge in [-0.1, -0.05) is 48.0 Å². The Hall–Kier alpha value is -1.85. The number of fused-ring (bicyclic) bond motifs is 1. The maximum atomic E-state index is 12.8. The van der Waals surface area contributed by atoms with Gasteiger partial charge in [-0.25, -0.2) is 0 Å². The van der Waals surface area contributed by atoms with Crippen molar-refractivity contribution in [2.75, 3.05) is 13.7 Å². The van der Waals surface area contributed by atoms with E-state index in [1.807, 2.05) is 37.3 Å². The summed E-state index contributed by atoms with van der Waals surface area (Å²) in [6.07, 6.45) is -5.93. The molecule has 162 valence electrons. The van der Waals surface area contributed by atoms with E-state index < -0.39 is 47.1 Å². The van der Waals surface area contributed by atoms with Crippen molar-refractivity contribution in [1.29, 1.82) is 0 Å². The molecule has 0 aromatic heterocycles. The number of aliphatic hydroxyl groups excluding tert-OH is 1. The highest BCUT2D eigenvalue weighted by Gasteiger charge is 2.51. The van der Waals surface area contributed by atoms with Gasteiger partial charge >= 0.3 is 0 Å². The molecule has 2 aliphatic rings. The predicted octanol–water partition coefficient (Wildman–Crippen LogP) is 1.92. The van der Waals surface area contributed by atoms with Gasteiger partial charge in [0.2, 0.25) is 0 Å². The predicted molar refractivity (Wildman–Crippen MR) is 105 cm³/mol. The monoisotopic (exact) mass is 436 g/mol. The molecule has 0 amide bonds.